The summed E-state index contributed by atoms with van der Waals surface area (Å²) in [6.07, 6.45) is 5.32. The van der Waals surface area contributed by atoms with E-state index in [1.807, 2.05) is 37.1 Å². The van der Waals surface area contributed by atoms with Gasteiger partial charge < -0.3 is 9.80 Å². The molecule has 1 saturated heterocycles. The third kappa shape index (κ3) is 3.37. The fourth-order valence-electron chi connectivity index (χ4n) is 3.16. The Bertz CT molecular complexity index is 725. The first kappa shape index (κ1) is 16.4. The molecule has 2 aromatic rings. The predicted octanol–water partition coefficient (Wildman–Crippen LogP) is 2.29. The second kappa shape index (κ2) is 6.95. The number of carbonyl (C=O) groups excluding carboxylic acids is 1. The van der Waals surface area contributed by atoms with Gasteiger partial charge in [0.1, 0.15) is 12.1 Å². The Balaban J connectivity index is 1.74. The molecular formula is C18H23N5O. The molecule has 0 saturated carbocycles. The molecule has 1 aliphatic rings. The minimum Gasteiger partial charge on any atom is -0.356 e. The number of carbonyl (C=O) groups is 1. The van der Waals surface area contributed by atoms with Crippen molar-refractivity contribution in [2.45, 2.75) is 32.7 Å². The molecule has 1 fully saturated rings. The summed E-state index contributed by atoms with van der Waals surface area (Å²) in [4.78, 5) is 28.8. The quantitative estimate of drug-likeness (QED) is 0.866. The van der Waals surface area contributed by atoms with Gasteiger partial charge in [-0.25, -0.2) is 9.97 Å². The van der Waals surface area contributed by atoms with Crippen LogP contribution in [0.1, 0.15) is 25.5 Å². The number of piperidine rings is 1. The zero-order valence-corrected chi connectivity index (χ0v) is 14.4. The highest BCUT2D eigenvalue weighted by atomic mass is 16.2. The van der Waals surface area contributed by atoms with Crippen LogP contribution in [0.25, 0.3) is 11.3 Å². The summed E-state index contributed by atoms with van der Waals surface area (Å²) in [5.74, 6) is 1.07. The average molecular weight is 325 g/mol. The lowest BCUT2D eigenvalue weighted by molar-refractivity contribution is -0.129. The first-order valence-corrected chi connectivity index (χ1v) is 8.28. The SMILES string of the molecule is CC(=O)N(C)C1CCN(c2cc(-c3cccnc3C)ncn2)CC1. The van der Waals surface area contributed by atoms with Crippen molar-refractivity contribution in [3.8, 4) is 11.3 Å². The highest BCUT2D eigenvalue weighted by Crippen LogP contribution is 2.25. The smallest absolute Gasteiger partial charge is 0.219 e. The molecule has 0 atom stereocenters. The zero-order valence-electron chi connectivity index (χ0n) is 14.4. The topological polar surface area (TPSA) is 62.2 Å². The predicted molar refractivity (Wildman–Crippen MR) is 93.7 cm³/mol. The molecule has 1 amide bonds. The van der Waals surface area contributed by atoms with Gasteiger partial charge in [-0.3, -0.25) is 9.78 Å². The lowest BCUT2D eigenvalue weighted by Crippen LogP contribution is -2.45. The molecule has 2 aromatic heterocycles. The lowest BCUT2D eigenvalue weighted by atomic mass is 10.0. The van der Waals surface area contributed by atoms with Gasteiger partial charge in [-0.15, -0.1) is 0 Å². The Morgan fingerprint density at radius 3 is 2.67 bits per heavy atom. The molecule has 0 aliphatic carbocycles. The Hall–Kier alpha value is -2.50. The normalized spacial score (nSPS) is 15.4. The number of amides is 1. The van der Waals surface area contributed by atoms with Crippen molar-refractivity contribution < 1.29 is 4.79 Å². The molecule has 0 aromatic carbocycles. The van der Waals surface area contributed by atoms with E-state index in [1.54, 1.807) is 19.4 Å². The fourth-order valence-corrected chi connectivity index (χ4v) is 3.16. The van der Waals surface area contributed by atoms with Gasteiger partial charge in [0.2, 0.25) is 5.91 Å². The number of nitrogens with zero attached hydrogens (tertiary/aromatic N) is 5. The minimum absolute atomic E-state index is 0.129. The van der Waals surface area contributed by atoms with Crippen molar-refractivity contribution in [2.75, 3.05) is 25.0 Å². The summed E-state index contributed by atoms with van der Waals surface area (Å²) in [6, 6.07) is 6.30. The molecule has 3 rings (SSSR count). The molecule has 6 heteroatoms. The molecule has 126 valence electrons. The molecule has 0 bridgehead atoms. The van der Waals surface area contributed by atoms with E-state index in [0.717, 1.165) is 48.7 Å². The van der Waals surface area contributed by atoms with Crippen LogP contribution in [0.2, 0.25) is 0 Å². The number of hydrogen-bond acceptors (Lipinski definition) is 5. The van der Waals surface area contributed by atoms with E-state index in [4.69, 9.17) is 0 Å². The number of pyridine rings is 1. The summed E-state index contributed by atoms with van der Waals surface area (Å²) < 4.78 is 0. The molecule has 24 heavy (non-hydrogen) atoms. The number of rotatable bonds is 3. The maximum absolute atomic E-state index is 11.5. The van der Waals surface area contributed by atoms with E-state index < -0.39 is 0 Å². The third-order valence-corrected chi connectivity index (χ3v) is 4.77. The highest BCUT2D eigenvalue weighted by Gasteiger charge is 2.24. The van der Waals surface area contributed by atoms with E-state index in [2.05, 4.69) is 19.9 Å². The van der Waals surface area contributed by atoms with Gasteiger partial charge in [0.25, 0.3) is 0 Å². The van der Waals surface area contributed by atoms with Gasteiger partial charge in [0.15, 0.2) is 0 Å². The van der Waals surface area contributed by atoms with Gasteiger partial charge in [0, 0.05) is 56.6 Å². The zero-order chi connectivity index (χ0) is 17.1. The number of aryl methyl sites for hydroxylation is 1. The van der Waals surface area contributed by atoms with E-state index >= 15 is 0 Å². The summed E-state index contributed by atoms with van der Waals surface area (Å²) in [5.41, 5.74) is 2.89. The Kier molecular flexibility index (Phi) is 4.74. The maximum Gasteiger partial charge on any atom is 0.219 e. The van der Waals surface area contributed by atoms with Crippen molar-refractivity contribution in [1.29, 1.82) is 0 Å². The van der Waals surface area contributed by atoms with Crippen LogP contribution >= 0.6 is 0 Å². The Morgan fingerprint density at radius 1 is 1.25 bits per heavy atom. The van der Waals surface area contributed by atoms with Crippen LogP contribution in [0.3, 0.4) is 0 Å². The molecule has 0 unspecified atom stereocenters. The van der Waals surface area contributed by atoms with Crippen LogP contribution in [-0.2, 0) is 4.79 Å². The molecule has 0 N–H and O–H groups in total. The first-order valence-electron chi connectivity index (χ1n) is 8.28. The molecule has 0 spiro atoms. The first-order chi connectivity index (χ1) is 11.6. The molecule has 1 aliphatic heterocycles. The van der Waals surface area contributed by atoms with E-state index in [1.165, 1.54) is 0 Å². The van der Waals surface area contributed by atoms with Crippen molar-refractivity contribution in [3.05, 3.63) is 36.4 Å². The van der Waals surface area contributed by atoms with Crippen LogP contribution in [0.5, 0.6) is 0 Å². The highest BCUT2D eigenvalue weighted by molar-refractivity contribution is 5.73. The van der Waals surface area contributed by atoms with Crippen molar-refractivity contribution in [1.82, 2.24) is 19.9 Å². The van der Waals surface area contributed by atoms with Gasteiger partial charge >= 0.3 is 0 Å². The molecule has 3 heterocycles. The van der Waals surface area contributed by atoms with Gasteiger partial charge in [-0.2, -0.15) is 0 Å². The summed E-state index contributed by atoms with van der Waals surface area (Å²) >= 11 is 0. The molecule has 0 radical (unpaired) electrons. The Morgan fingerprint density at radius 2 is 2.00 bits per heavy atom. The molecule has 6 nitrogen and oxygen atoms in total. The molecular weight excluding hydrogens is 302 g/mol. The fraction of sp³-hybridized carbons (Fsp3) is 0.444. The monoisotopic (exact) mass is 325 g/mol. The summed E-state index contributed by atoms with van der Waals surface area (Å²) in [6.45, 7) is 5.40. The van der Waals surface area contributed by atoms with E-state index in [9.17, 15) is 4.79 Å². The third-order valence-electron chi connectivity index (χ3n) is 4.77. The number of anilines is 1. The Labute approximate surface area is 142 Å². The minimum atomic E-state index is 0.129. The van der Waals surface area contributed by atoms with Crippen molar-refractivity contribution in [3.63, 3.8) is 0 Å². The summed E-state index contributed by atoms with van der Waals surface area (Å²) in [7, 11) is 1.89. The standard InChI is InChI=1S/C18H23N5O/c1-13-16(5-4-8-19-13)17-11-18(21-12-20-17)23-9-6-15(7-10-23)22(3)14(2)24/h4-5,8,11-12,15H,6-7,9-10H2,1-3H3. The maximum atomic E-state index is 11.5. The van der Waals surface area contributed by atoms with Crippen LogP contribution in [0, 0.1) is 6.92 Å². The van der Waals surface area contributed by atoms with Gasteiger partial charge in [0.05, 0.1) is 5.69 Å². The lowest BCUT2D eigenvalue weighted by Gasteiger charge is -2.37. The van der Waals surface area contributed by atoms with Crippen LogP contribution in [-0.4, -0.2) is 51.9 Å². The number of aromatic nitrogens is 3. The van der Waals surface area contributed by atoms with Crippen LogP contribution < -0.4 is 4.90 Å². The largest absolute Gasteiger partial charge is 0.356 e. The van der Waals surface area contributed by atoms with E-state index in [-0.39, 0.29) is 5.91 Å². The van der Waals surface area contributed by atoms with Crippen molar-refractivity contribution >= 4 is 11.7 Å². The number of hydrogen-bond donors (Lipinski definition) is 0. The second-order valence-electron chi connectivity index (χ2n) is 6.25. The van der Waals surface area contributed by atoms with Crippen molar-refractivity contribution in [2.24, 2.45) is 0 Å². The average Bonchev–Trinajstić information content (AvgIpc) is 2.61. The summed E-state index contributed by atoms with van der Waals surface area (Å²) in [5, 5.41) is 0. The second-order valence-corrected chi connectivity index (χ2v) is 6.25. The van der Waals surface area contributed by atoms with Gasteiger partial charge in [-0.05, 0) is 31.9 Å². The van der Waals surface area contributed by atoms with Crippen LogP contribution in [0.4, 0.5) is 5.82 Å². The van der Waals surface area contributed by atoms with Crippen LogP contribution in [0.15, 0.2) is 30.7 Å². The van der Waals surface area contributed by atoms with E-state index in [0.29, 0.717) is 6.04 Å². The van der Waals surface area contributed by atoms with Gasteiger partial charge in [-0.1, -0.05) is 0 Å².